The fourth-order valence-corrected chi connectivity index (χ4v) is 1.75. The number of nitrogens with zero attached hydrogens (tertiary/aromatic N) is 1. The maximum Gasteiger partial charge on any atom is 0.329 e. The molecule has 17 heavy (non-hydrogen) atoms. The quantitative estimate of drug-likeness (QED) is 0.788. The summed E-state index contributed by atoms with van der Waals surface area (Å²) in [7, 11) is 0. The molecule has 0 saturated carbocycles. The fraction of sp³-hybridized carbons (Fsp3) is 0.231. The van der Waals surface area contributed by atoms with E-state index in [2.05, 4.69) is 4.99 Å². The summed E-state index contributed by atoms with van der Waals surface area (Å²) < 4.78 is 0. The van der Waals surface area contributed by atoms with Gasteiger partial charge in [0.05, 0.1) is 0 Å². The van der Waals surface area contributed by atoms with Crippen LogP contribution in [0, 0.1) is 0 Å². The second-order valence-electron chi connectivity index (χ2n) is 3.38. The first-order valence-electron chi connectivity index (χ1n) is 5.20. The van der Waals surface area contributed by atoms with Crippen molar-refractivity contribution in [2.75, 3.05) is 12.0 Å². The number of carboxylic acids is 1. The molecule has 1 N–H and O–H groups in total. The van der Waals surface area contributed by atoms with Crippen molar-refractivity contribution < 1.29 is 9.90 Å². The average molecular weight is 249 g/mol. The maximum atomic E-state index is 10.8. The van der Waals surface area contributed by atoms with E-state index in [4.69, 9.17) is 5.11 Å². The van der Waals surface area contributed by atoms with Crippen molar-refractivity contribution in [2.45, 2.75) is 6.04 Å². The molecular weight excluding hydrogens is 234 g/mol. The van der Waals surface area contributed by atoms with Crippen molar-refractivity contribution >= 4 is 30.0 Å². The highest BCUT2D eigenvalue weighted by atomic mass is 32.2. The molecule has 0 aromatic heterocycles. The number of allylic oxidation sites excluding steroid dienone is 1. The summed E-state index contributed by atoms with van der Waals surface area (Å²) in [6.07, 6.45) is 7.06. The third-order valence-corrected chi connectivity index (χ3v) is 2.70. The Morgan fingerprint density at radius 1 is 1.47 bits per heavy atom. The molecule has 3 nitrogen and oxygen atoms in total. The van der Waals surface area contributed by atoms with Crippen LogP contribution in [0.15, 0.2) is 41.4 Å². The molecule has 0 aliphatic rings. The summed E-state index contributed by atoms with van der Waals surface area (Å²) in [5.74, 6) is -0.394. The van der Waals surface area contributed by atoms with Gasteiger partial charge in [-0.25, -0.2) is 4.79 Å². The molecule has 0 heterocycles. The highest BCUT2D eigenvalue weighted by Crippen LogP contribution is 2.02. The minimum atomic E-state index is -0.885. The van der Waals surface area contributed by atoms with Crippen LogP contribution in [-0.4, -0.2) is 35.3 Å². The van der Waals surface area contributed by atoms with Crippen LogP contribution in [0.5, 0.6) is 0 Å². The lowest BCUT2D eigenvalue weighted by molar-refractivity contribution is -0.137. The molecule has 4 heteroatoms. The molecule has 0 amide bonds. The average Bonchev–Trinajstić information content (AvgIpc) is 2.34. The lowest BCUT2D eigenvalue weighted by atomic mass is 10.2. The normalized spacial score (nSPS) is 13.2. The number of carbonyl (C=O) groups is 1. The van der Waals surface area contributed by atoms with Gasteiger partial charge in [-0.05, 0) is 17.9 Å². The van der Waals surface area contributed by atoms with Crippen LogP contribution < -0.4 is 0 Å². The van der Waals surface area contributed by atoms with Gasteiger partial charge in [0.1, 0.15) is 0 Å². The third kappa shape index (κ3) is 5.36. The molecular formula is C13H15NO2S. The van der Waals surface area contributed by atoms with E-state index in [9.17, 15) is 4.79 Å². The predicted molar refractivity (Wildman–Crippen MR) is 73.8 cm³/mol. The number of benzene rings is 1. The van der Waals surface area contributed by atoms with Crippen molar-refractivity contribution in [3.8, 4) is 0 Å². The van der Waals surface area contributed by atoms with Gasteiger partial charge >= 0.3 is 5.97 Å². The Hall–Kier alpha value is -1.55. The van der Waals surface area contributed by atoms with Crippen LogP contribution in [0.25, 0.3) is 6.08 Å². The van der Waals surface area contributed by atoms with Crippen molar-refractivity contribution in [3.05, 3.63) is 42.0 Å². The van der Waals surface area contributed by atoms with Gasteiger partial charge in [-0.15, -0.1) is 0 Å². The van der Waals surface area contributed by atoms with Crippen molar-refractivity contribution in [3.63, 3.8) is 0 Å². The topological polar surface area (TPSA) is 49.7 Å². The largest absolute Gasteiger partial charge is 0.480 e. The second kappa shape index (κ2) is 7.68. The van der Waals surface area contributed by atoms with E-state index >= 15 is 0 Å². The number of hydrogen-bond donors (Lipinski definition) is 1. The number of hydrogen-bond acceptors (Lipinski definition) is 3. The number of rotatable bonds is 6. The van der Waals surface area contributed by atoms with Gasteiger partial charge in [-0.3, -0.25) is 4.99 Å². The third-order valence-electron chi connectivity index (χ3n) is 2.05. The first-order chi connectivity index (χ1) is 8.24. The van der Waals surface area contributed by atoms with Crippen LogP contribution in [0.1, 0.15) is 5.56 Å². The summed E-state index contributed by atoms with van der Waals surface area (Å²) in [6, 6.07) is 9.13. The Morgan fingerprint density at radius 2 is 2.18 bits per heavy atom. The first-order valence-corrected chi connectivity index (χ1v) is 6.60. The summed E-state index contributed by atoms with van der Waals surface area (Å²) in [6.45, 7) is 0. The molecule has 1 aromatic rings. The van der Waals surface area contributed by atoms with Gasteiger partial charge in [0.2, 0.25) is 0 Å². The molecule has 1 unspecified atom stereocenters. The number of aliphatic carboxylic acids is 1. The van der Waals surface area contributed by atoms with Crippen LogP contribution in [0.2, 0.25) is 0 Å². The van der Waals surface area contributed by atoms with E-state index in [0.717, 1.165) is 5.56 Å². The van der Waals surface area contributed by atoms with E-state index in [1.165, 1.54) is 11.8 Å². The summed E-state index contributed by atoms with van der Waals surface area (Å²) in [5, 5.41) is 8.87. The van der Waals surface area contributed by atoms with Crippen LogP contribution in [0.4, 0.5) is 0 Å². The summed E-state index contributed by atoms with van der Waals surface area (Å²) >= 11 is 1.47. The number of aliphatic imine (C=N–C) groups is 1. The second-order valence-corrected chi connectivity index (χ2v) is 4.29. The molecule has 0 saturated heterocycles. The molecule has 0 aliphatic heterocycles. The fourth-order valence-electron chi connectivity index (χ4n) is 1.21. The minimum absolute atomic E-state index is 0.491. The van der Waals surface area contributed by atoms with E-state index in [1.54, 1.807) is 12.3 Å². The van der Waals surface area contributed by atoms with Gasteiger partial charge in [0.15, 0.2) is 6.04 Å². The molecule has 0 bridgehead atoms. The molecule has 1 atom stereocenters. The van der Waals surface area contributed by atoms with Crippen molar-refractivity contribution in [1.82, 2.24) is 0 Å². The van der Waals surface area contributed by atoms with Crippen LogP contribution in [0.3, 0.4) is 0 Å². The van der Waals surface area contributed by atoms with E-state index in [0.29, 0.717) is 5.75 Å². The van der Waals surface area contributed by atoms with Gasteiger partial charge < -0.3 is 5.11 Å². The molecule has 1 rings (SSSR count). The van der Waals surface area contributed by atoms with Gasteiger partial charge in [-0.2, -0.15) is 11.8 Å². The van der Waals surface area contributed by atoms with E-state index in [1.807, 2.05) is 42.7 Å². The van der Waals surface area contributed by atoms with Crippen LogP contribution in [-0.2, 0) is 4.79 Å². The Bertz CT molecular complexity index is 401. The highest BCUT2D eigenvalue weighted by Gasteiger charge is 2.13. The molecule has 1 aromatic carbocycles. The Labute approximate surface area is 105 Å². The SMILES string of the molecule is CSCC(N=C/C=C/c1ccccc1)C(=O)O. The van der Waals surface area contributed by atoms with E-state index < -0.39 is 12.0 Å². The zero-order valence-electron chi connectivity index (χ0n) is 9.61. The predicted octanol–water partition coefficient (Wildman–Crippen LogP) is 2.59. The first kappa shape index (κ1) is 13.5. The molecule has 0 aliphatic carbocycles. The lowest BCUT2D eigenvalue weighted by Gasteiger charge is -2.02. The van der Waals surface area contributed by atoms with Gasteiger partial charge in [-0.1, -0.05) is 36.4 Å². The monoisotopic (exact) mass is 249 g/mol. The molecule has 0 spiro atoms. The molecule has 90 valence electrons. The minimum Gasteiger partial charge on any atom is -0.480 e. The Morgan fingerprint density at radius 3 is 2.76 bits per heavy atom. The summed E-state index contributed by atoms with van der Waals surface area (Å²) in [5.41, 5.74) is 1.07. The zero-order valence-corrected chi connectivity index (χ0v) is 10.4. The zero-order chi connectivity index (χ0) is 12.5. The van der Waals surface area contributed by atoms with Crippen molar-refractivity contribution in [1.29, 1.82) is 0 Å². The van der Waals surface area contributed by atoms with Gasteiger partial charge in [0.25, 0.3) is 0 Å². The Balaban J connectivity index is 2.53. The highest BCUT2D eigenvalue weighted by molar-refractivity contribution is 7.98. The smallest absolute Gasteiger partial charge is 0.329 e. The standard InChI is InChI=1S/C13H15NO2S/c1-17-10-12(13(15)16)14-9-5-8-11-6-3-2-4-7-11/h2-9,12H,10H2,1H3,(H,15,16)/b8-5+,14-9?. The van der Waals surface area contributed by atoms with Crippen LogP contribution >= 0.6 is 11.8 Å². The lowest BCUT2D eigenvalue weighted by Crippen LogP contribution is -2.20. The molecule has 0 fully saturated rings. The number of thioether (sulfide) groups is 1. The van der Waals surface area contributed by atoms with Crippen molar-refractivity contribution in [2.24, 2.45) is 4.99 Å². The Kier molecular flexibility index (Phi) is 6.10. The summed E-state index contributed by atoms with van der Waals surface area (Å²) in [4.78, 5) is 14.8. The van der Waals surface area contributed by atoms with E-state index in [-0.39, 0.29) is 0 Å². The number of carboxylic acid groups (broad SMARTS) is 1. The van der Waals surface area contributed by atoms with Gasteiger partial charge in [0, 0.05) is 12.0 Å². The maximum absolute atomic E-state index is 10.8. The molecule has 0 radical (unpaired) electrons.